The van der Waals surface area contributed by atoms with Gasteiger partial charge < -0.3 is 20.5 Å². The van der Waals surface area contributed by atoms with Gasteiger partial charge in [0.25, 0.3) is 0 Å². The van der Waals surface area contributed by atoms with E-state index >= 15 is 0 Å². The molecule has 0 aliphatic carbocycles. The molecule has 3 aromatic rings. The van der Waals surface area contributed by atoms with Crippen molar-refractivity contribution in [3.63, 3.8) is 0 Å². The standard InChI is InChI=1S/C20H22N4O2/c1-14(13-25)21-20-23-18(15-7-4-3-5-8-15)12-19(24-20)22-16-9-6-10-17(11-16)26-2/h3-12,14,25H,13H2,1-2H3,(H2,21,22,23,24)/t14-/m0/s1. The Morgan fingerprint density at radius 3 is 2.58 bits per heavy atom. The molecule has 1 atom stereocenters. The lowest BCUT2D eigenvalue weighted by Gasteiger charge is -2.14. The number of nitrogens with one attached hydrogen (secondary N) is 2. The number of rotatable bonds is 7. The summed E-state index contributed by atoms with van der Waals surface area (Å²) >= 11 is 0. The van der Waals surface area contributed by atoms with E-state index in [0.29, 0.717) is 11.8 Å². The van der Waals surface area contributed by atoms with E-state index in [1.807, 2.05) is 67.6 Å². The summed E-state index contributed by atoms with van der Waals surface area (Å²) in [4.78, 5) is 9.08. The van der Waals surface area contributed by atoms with Crippen LogP contribution in [0.25, 0.3) is 11.3 Å². The van der Waals surface area contributed by atoms with Crippen molar-refractivity contribution in [2.24, 2.45) is 0 Å². The fourth-order valence-corrected chi connectivity index (χ4v) is 2.45. The zero-order chi connectivity index (χ0) is 18.4. The summed E-state index contributed by atoms with van der Waals surface area (Å²) in [5, 5.41) is 15.7. The number of hydrogen-bond donors (Lipinski definition) is 3. The number of ether oxygens (including phenoxy) is 1. The first-order valence-electron chi connectivity index (χ1n) is 8.41. The quantitative estimate of drug-likeness (QED) is 0.603. The fourth-order valence-electron chi connectivity index (χ4n) is 2.45. The van der Waals surface area contributed by atoms with Gasteiger partial charge in [0.15, 0.2) is 0 Å². The van der Waals surface area contributed by atoms with Crippen LogP contribution >= 0.6 is 0 Å². The van der Waals surface area contributed by atoms with E-state index in [1.165, 1.54) is 0 Å². The molecule has 3 N–H and O–H groups in total. The Kier molecular flexibility index (Phi) is 5.66. The number of benzene rings is 2. The smallest absolute Gasteiger partial charge is 0.225 e. The average Bonchev–Trinajstić information content (AvgIpc) is 2.68. The topological polar surface area (TPSA) is 79.3 Å². The summed E-state index contributed by atoms with van der Waals surface area (Å²) in [7, 11) is 1.63. The van der Waals surface area contributed by atoms with Crippen LogP contribution in [0.4, 0.5) is 17.5 Å². The van der Waals surface area contributed by atoms with E-state index in [2.05, 4.69) is 20.6 Å². The molecule has 6 heteroatoms. The monoisotopic (exact) mass is 350 g/mol. The average molecular weight is 350 g/mol. The van der Waals surface area contributed by atoms with Crippen LogP contribution in [0.1, 0.15) is 6.92 Å². The van der Waals surface area contributed by atoms with Crippen LogP contribution in [0.5, 0.6) is 5.75 Å². The lowest BCUT2D eigenvalue weighted by Crippen LogP contribution is -2.21. The van der Waals surface area contributed by atoms with Crippen molar-refractivity contribution < 1.29 is 9.84 Å². The largest absolute Gasteiger partial charge is 0.497 e. The lowest BCUT2D eigenvalue weighted by atomic mass is 10.1. The summed E-state index contributed by atoms with van der Waals surface area (Å²) in [6.07, 6.45) is 0. The van der Waals surface area contributed by atoms with Gasteiger partial charge in [-0.3, -0.25) is 0 Å². The molecule has 26 heavy (non-hydrogen) atoms. The number of methoxy groups -OCH3 is 1. The van der Waals surface area contributed by atoms with Gasteiger partial charge in [-0.25, -0.2) is 4.98 Å². The van der Waals surface area contributed by atoms with Crippen LogP contribution in [0, 0.1) is 0 Å². The van der Waals surface area contributed by atoms with Crippen LogP contribution in [0.3, 0.4) is 0 Å². The second-order valence-electron chi connectivity index (χ2n) is 5.91. The molecule has 6 nitrogen and oxygen atoms in total. The van der Waals surface area contributed by atoms with Crippen molar-refractivity contribution in [3.05, 3.63) is 60.7 Å². The van der Waals surface area contributed by atoms with Crippen molar-refractivity contribution in [1.29, 1.82) is 0 Å². The maximum absolute atomic E-state index is 9.30. The Morgan fingerprint density at radius 2 is 1.85 bits per heavy atom. The van der Waals surface area contributed by atoms with Gasteiger partial charge in [-0.05, 0) is 19.1 Å². The number of hydrogen-bond acceptors (Lipinski definition) is 6. The summed E-state index contributed by atoms with van der Waals surface area (Å²) < 4.78 is 5.26. The van der Waals surface area contributed by atoms with E-state index in [4.69, 9.17) is 4.74 Å². The van der Waals surface area contributed by atoms with E-state index in [-0.39, 0.29) is 12.6 Å². The van der Waals surface area contributed by atoms with Crippen LogP contribution in [-0.2, 0) is 0 Å². The van der Waals surface area contributed by atoms with E-state index < -0.39 is 0 Å². The molecule has 3 rings (SSSR count). The molecular formula is C20H22N4O2. The minimum Gasteiger partial charge on any atom is -0.497 e. The van der Waals surface area contributed by atoms with Crippen LogP contribution < -0.4 is 15.4 Å². The molecule has 0 amide bonds. The number of anilines is 3. The highest BCUT2D eigenvalue weighted by molar-refractivity contribution is 5.67. The molecule has 0 fully saturated rings. The molecule has 0 radical (unpaired) electrons. The predicted octanol–water partition coefficient (Wildman–Crippen LogP) is 3.69. The third-order valence-corrected chi connectivity index (χ3v) is 3.79. The molecule has 134 valence electrons. The third-order valence-electron chi connectivity index (χ3n) is 3.79. The molecule has 0 aliphatic heterocycles. The van der Waals surface area contributed by atoms with Gasteiger partial charge in [0.2, 0.25) is 5.95 Å². The van der Waals surface area contributed by atoms with Crippen molar-refractivity contribution in [3.8, 4) is 17.0 Å². The summed E-state index contributed by atoms with van der Waals surface area (Å²) in [5.74, 6) is 1.87. The normalized spacial score (nSPS) is 11.7. The molecule has 0 spiro atoms. The molecule has 0 aliphatic rings. The summed E-state index contributed by atoms with van der Waals surface area (Å²) in [5.41, 5.74) is 2.64. The van der Waals surface area contributed by atoms with Gasteiger partial charge in [0, 0.05) is 29.4 Å². The number of aromatic nitrogens is 2. The van der Waals surface area contributed by atoms with Crippen LogP contribution in [0.15, 0.2) is 60.7 Å². The second-order valence-corrected chi connectivity index (χ2v) is 5.91. The summed E-state index contributed by atoms with van der Waals surface area (Å²) in [6, 6.07) is 19.3. The fraction of sp³-hybridized carbons (Fsp3) is 0.200. The van der Waals surface area contributed by atoms with Crippen molar-refractivity contribution in [1.82, 2.24) is 9.97 Å². The highest BCUT2D eigenvalue weighted by atomic mass is 16.5. The van der Waals surface area contributed by atoms with Crippen molar-refractivity contribution in [2.45, 2.75) is 13.0 Å². The number of aliphatic hydroxyl groups is 1. The van der Waals surface area contributed by atoms with Crippen LogP contribution in [-0.4, -0.2) is 34.8 Å². The Balaban J connectivity index is 1.96. The van der Waals surface area contributed by atoms with Gasteiger partial charge >= 0.3 is 0 Å². The maximum Gasteiger partial charge on any atom is 0.225 e. The molecule has 0 unspecified atom stereocenters. The first-order chi connectivity index (χ1) is 12.7. The van der Waals surface area contributed by atoms with Gasteiger partial charge in [-0.15, -0.1) is 0 Å². The second kappa shape index (κ2) is 8.31. The van der Waals surface area contributed by atoms with E-state index in [9.17, 15) is 5.11 Å². The first-order valence-corrected chi connectivity index (χ1v) is 8.41. The summed E-state index contributed by atoms with van der Waals surface area (Å²) in [6.45, 7) is 1.87. The Bertz CT molecular complexity index is 855. The zero-order valence-corrected chi connectivity index (χ0v) is 14.8. The highest BCUT2D eigenvalue weighted by Gasteiger charge is 2.09. The Morgan fingerprint density at radius 1 is 1.04 bits per heavy atom. The van der Waals surface area contributed by atoms with Gasteiger partial charge in [-0.2, -0.15) is 4.98 Å². The third kappa shape index (κ3) is 4.49. The molecular weight excluding hydrogens is 328 g/mol. The predicted molar refractivity (Wildman–Crippen MR) is 104 cm³/mol. The molecule has 0 saturated heterocycles. The zero-order valence-electron chi connectivity index (χ0n) is 14.8. The van der Waals surface area contributed by atoms with Gasteiger partial charge in [-0.1, -0.05) is 36.4 Å². The molecule has 0 saturated carbocycles. The Labute approximate surface area is 152 Å². The number of nitrogens with zero attached hydrogens (tertiary/aromatic N) is 2. The molecule has 2 aromatic carbocycles. The molecule has 1 aromatic heterocycles. The molecule has 0 bridgehead atoms. The van der Waals surface area contributed by atoms with Crippen LogP contribution in [0.2, 0.25) is 0 Å². The van der Waals surface area contributed by atoms with Gasteiger partial charge in [0.1, 0.15) is 11.6 Å². The molecule has 1 heterocycles. The minimum absolute atomic E-state index is 0.00241. The Hall–Kier alpha value is -3.12. The lowest BCUT2D eigenvalue weighted by molar-refractivity contribution is 0.281. The first kappa shape index (κ1) is 17.7. The maximum atomic E-state index is 9.30. The van der Waals surface area contributed by atoms with Gasteiger partial charge in [0.05, 0.1) is 19.4 Å². The minimum atomic E-state index is -0.148. The highest BCUT2D eigenvalue weighted by Crippen LogP contribution is 2.25. The number of aliphatic hydroxyl groups excluding tert-OH is 1. The van der Waals surface area contributed by atoms with E-state index in [0.717, 1.165) is 22.7 Å². The SMILES string of the molecule is COc1cccc(Nc2cc(-c3ccccc3)nc(N[C@@H](C)CO)n2)c1. The van der Waals surface area contributed by atoms with Crippen molar-refractivity contribution in [2.75, 3.05) is 24.4 Å². The van der Waals surface area contributed by atoms with E-state index in [1.54, 1.807) is 7.11 Å². The van der Waals surface area contributed by atoms with Crippen molar-refractivity contribution >= 4 is 17.5 Å².